The van der Waals surface area contributed by atoms with Crippen molar-refractivity contribution < 1.29 is 8.42 Å². The van der Waals surface area contributed by atoms with Gasteiger partial charge in [-0.25, -0.2) is 8.42 Å². The van der Waals surface area contributed by atoms with Gasteiger partial charge >= 0.3 is 0 Å². The minimum Gasteiger partial charge on any atom is -0.250 e. The Morgan fingerprint density at radius 1 is 1.13 bits per heavy atom. The van der Waals surface area contributed by atoms with E-state index in [1.54, 1.807) is 6.92 Å². The molecule has 0 spiro atoms. The van der Waals surface area contributed by atoms with E-state index in [9.17, 15) is 8.42 Å². The molecule has 0 aliphatic rings. The Bertz CT molecular complexity index is 589. The van der Waals surface area contributed by atoms with Crippen molar-refractivity contribution in [2.24, 2.45) is 0 Å². The van der Waals surface area contributed by atoms with Crippen molar-refractivity contribution >= 4 is 21.2 Å². The highest BCUT2D eigenvalue weighted by molar-refractivity contribution is 7.90. The molecule has 0 fully saturated rings. The lowest BCUT2D eigenvalue weighted by atomic mass is 10.2. The van der Waals surface area contributed by atoms with Crippen molar-refractivity contribution in [2.75, 3.05) is 6.26 Å². The SMILES string of the molecule is [C-]#[N+]c1cc(C)c(S(C)(=O)=O)cc1[N+]#[C-]. The highest BCUT2D eigenvalue weighted by Gasteiger charge is 2.14. The lowest BCUT2D eigenvalue weighted by molar-refractivity contribution is 0.601. The number of hydrogen-bond acceptors (Lipinski definition) is 2. The fraction of sp³-hybridized carbons (Fsp3) is 0.200. The van der Waals surface area contributed by atoms with Crippen LogP contribution in [0.3, 0.4) is 0 Å². The van der Waals surface area contributed by atoms with E-state index in [1.165, 1.54) is 12.1 Å². The molecule has 15 heavy (non-hydrogen) atoms. The van der Waals surface area contributed by atoms with Gasteiger partial charge in [-0.05, 0) is 18.6 Å². The molecular formula is C10H8N2O2S. The van der Waals surface area contributed by atoms with Crippen molar-refractivity contribution in [3.63, 3.8) is 0 Å². The van der Waals surface area contributed by atoms with E-state index in [0.29, 0.717) is 5.56 Å². The van der Waals surface area contributed by atoms with Gasteiger partial charge in [-0.15, -0.1) is 0 Å². The monoisotopic (exact) mass is 220 g/mol. The highest BCUT2D eigenvalue weighted by atomic mass is 32.2. The molecule has 1 rings (SSSR count). The number of hydrogen-bond donors (Lipinski definition) is 0. The Morgan fingerprint density at radius 3 is 2.00 bits per heavy atom. The van der Waals surface area contributed by atoms with E-state index < -0.39 is 9.84 Å². The molecule has 0 aliphatic carbocycles. The number of aryl methyl sites for hydroxylation is 1. The van der Waals surface area contributed by atoms with Crippen molar-refractivity contribution in [1.29, 1.82) is 0 Å². The fourth-order valence-corrected chi connectivity index (χ4v) is 2.21. The van der Waals surface area contributed by atoms with Crippen LogP contribution in [-0.4, -0.2) is 14.7 Å². The second-order valence-electron chi connectivity index (χ2n) is 3.10. The third-order valence-corrected chi connectivity index (χ3v) is 3.15. The molecule has 0 aliphatic heterocycles. The van der Waals surface area contributed by atoms with Crippen molar-refractivity contribution in [3.05, 3.63) is 40.5 Å². The Balaban J connectivity index is 3.64. The first-order valence-corrected chi connectivity index (χ1v) is 5.89. The summed E-state index contributed by atoms with van der Waals surface area (Å²) >= 11 is 0. The predicted molar refractivity (Wildman–Crippen MR) is 56.8 cm³/mol. The summed E-state index contributed by atoms with van der Waals surface area (Å²) < 4.78 is 22.7. The standard InChI is InChI=1S/C10H8N2O2S/c1-7-5-8(11-2)9(12-3)6-10(7)15(4,13)14/h5-6H,1,4H3. The fourth-order valence-electron chi connectivity index (χ4n) is 1.24. The van der Waals surface area contributed by atoms with Gasteiger partial charge in [0.15, 0.2) is 21.2 Å². The Labute approximate surface area is 88.7 Å². The highest BCUT2D eigenvalue weighted by Crippen LogP contribution is 2.33. The molecule has 0 unspecified atom stereocenters. The summed E-state index contributed by atoms with van der Waals surface area (Å²) in [5.74, 6) is 0. The molecule has 1 aromatic rings. The van der Waals surface area contributed by atoms with Gasteiger partial charge in [0.05, 0.1) is 18.0 Å². The van der Waals surface area contributed by atoms with Gasteiger partial charge in [0, 0.05) is 6.26 Å². The van der Waals surface area contributed by atoms with Crippen LogP contribution in [0.4, 0.5) is 11.4 Å². The average Bonchev–Trinajstić information content (AvgIpc) is 2.15. The molecule has 0 aromatic heterocycles. The molecule has 5 heteroatoms. The molecule has 76 valence electrons. The third-order valence-electron chi connectivity index (χ3n) is 1.91. The molecule has 0 saturated carbocycles. The number of nitrogens with zero attached hydrogens (tertiary/aromatic N) is 2. The van der Waals surface area contributed by atoms with E-state index in [4.69, 9.17) is 13.1 Å². The van der Waals surface area contributed by atoms with Gasteiger partial charge in [0.1, 0.15) is 0 Å². The topological polar surface area (TPSA) is 42.9 Å². The number of benzene rings is 1. The van der Waals surface area contributed by atoms with Crippen LogP contribution in [0.25, 0.3) is 9.69 Å². The zero-order valence-corrected chi connectivity index (χ0v) is 9.09. The molecule has 0 saturated heterocycles. The molecule has 0 N–H and O–H groups in total. The molecule has 0 radical (unpaired) electrons. The van der Waals surface area contributed by atoms with E-state index in [-0.39, 0.29) is 16.3 Å². The van der Waals surface area contributed by atoms with Crippen molar-refractivity contribution in [1.82, 2.24) is 0 Å². The van der Waals surface area contributed by atoms with Gasteiger partial charge < -0.3 is 0 Å². The van der Waals surface area contributed by atoms with Gasteiger partial charge in [-0.2, -0.15) is 0 Å². The molecule has 0 bridgehead atoms. The number of sulfone groups is 1. The zero-order valence-electron chi connectivity index (χ0n) is 8.27. The first kappa shape index (κ1) is 11.2. The number of rotatable bonds is 1. The van der Waals surface area contributed by atoms with Crippen LogP contribution in [0.1, 0.15) is 5.56 Å². The lowest BCUT2D eigenvalue weighted by Gasteiger charge is -2.05. The van der Waals surface area contributed by atoms with E-state index in [2.05, 4.69) is 9.69 Å². The summed E-state index contributed by atoms with van der Waals surface area (Å²) in [4.78, 5) is 6.41. The Morgan fingerprint density at radius 2 is 1.60 bits per heavy atom. The van der Waals surface area contributed by atoms with Gasteiger partial charge in [-0.1, -0.05) is 6.07 Å². The summed E-state index contributed by atoms with van der Waals surface area (Å²) in [5, 5.41) is 0. The van der Waals surface area contributed by atoms with Gasteiger partial charge in [0.25, 0.3) is 0 Å². The quantitative estimate of drug-likeness (QED) is 0.682. The Kier molecular flexibility index (Phi) is 2.78. The minimum absolute atomic E-state index is 0.0797. The first-order valence-electron chi connectivity index (χ1n) is 3.99. The first-order chi connectivity index (χ1) is 6.90. The van der Waals surface area contributed by atoms with Crippen LogP contribution >= 0.6 is 0 Å². The largest absolute Gasteiger partial charge is 0.250 e. The molecular weight excluding hydrogens is 212 g/mol. The van der Waals surface area contributed by atoms with Crippen LogP contribution in [-0.2, 0) is 9.84 Å². The van der Waals surface area contributed by atoms with Crippen LogP contribution in [0.2, 0.25) is 0 Å². The van der Waals surface area contributed by atoms with Crippen molar-refractivity contribution in [3.8, 4) is 0 Å². The molecule has 1 aromatic carbocycles. The van der Waals surface area contributed by atoms with Crippen LogP contribution in [0.15, 0.2) is 17.0 Å². The third kappa shape index (κ3) is 2.15. The molecule has 0 amide bonds. The predicted octanol–water partition coefficient (Wildman–Crippen LogP) is 2.50. The summed E-state index contributed by atoms with van der Waals surface area (Å²) in [6.45, 7) is 15.3. The maximum absolute atomic E-state index is 11.3. The van der Waals surface area contributed by atoms with E-state index in [1.807, 2.05) is 0 Å². The second-order valence-corrected chi connectivity index (χ2v) is 5.09. The molecule has 0 atom stereocenters. The average molecular weight is 220 g/mol. The smallest absolute Gasteiger partial charge is 0.195 e. The van der Waals surface area contributed by atoms with E-state index in [0.717, 1.165) is 6.26 Å². The summed E-state index contributed by atoms with van der Waals surface area (Å²) in [5.41, 5.74) is 0.766. The summed E-state index contributed by atoms with van der Waals surface area (Å²) in [7, 11) is -3.34. The van der Waals surface area contributed by atoms with Gasteiger partial charge in [0.2, 0.25) is 0 Å². The maximum Gasteiger partial charge on any atom is 0.195 e. The second kappa shape index (κ2) is 3.72. The zero-order chi connectivity index (χ0) is 11.6. The summed E-state index contributed by atoms with van der Waals surface area (Å²) in [6, 6.07) is 2.68. The summed E-state index contributed by atoms with van der Waals surface area (Å²) in [6.07, 6.45) is 1.08. The normalized spacial score (nSPS) is 10.4. The van der Waals surface area contributed by atoms with Crippen molar-refractivity contribution in [2.45, 2.75) is 11.8 Å². The van der Waals surface area contributed by atoms with Crippen LogP contribution < -0.4 is 0 Å². The van der Waals surface area contributed by atoms with E-state index >= 15 is 0 Å². The lowest BCUT2D eigenvalue weighted by Crippen LogP contribution is -1.99. The molecule has 4 nitrogen and oxygen atoms in total. The van der Waals surface area contributed by atoms with Gasteiger partial charge in [-0.3, -0.25) is 9.69 Å². The molecule has 0 heterocycles. The van der Waals surface area contributed by atoms with Crippen LogP contribution in [0.5, 0.6) is 0 Å². The van der Waals surface area contributed by atoms with Crippen LogP contribution in [0, 0.1) is 20.1 Å². The minimum atomic E-state index is -3.34. The Hall–Kier alpha value is -1.85. The maximum atomic E-state index is 11.3.